The van der Waals surface area contributed by atoms with Crippen LogP contribution >= 0.6 is 0 Å². The van der Waals surface area contributed by atoms with Crippen molar-refractivity contribution in [2.75, 3.05) is 9.80 Å². The average Bonchev–Trinajstić information content (AvgIpc) is 1.49. The molecule has 5 heteroatoms. The van der Waals surface area contributed by atoms with Crippen LogP contribution in [0.1, 0.15) is 154 Å². The van der Waals surface area contributed by atoms with Gasteiger partial charge >= 0.3 is 0 Å². The van der Waals surface area contributed by atoms with E-state index in [4.69, 9.17) is 4.42 Å². The Morgan fingerprint density at radius 3 is 1.32 bits per heavy atom. The lowest BCUT2D eigenvalue weighted by Gasteiger charge is -2.37. The van der Waals surface area contributed by atoms with E-state index in [0.717, 1.165) is 67.3 Å². The van der Waals surface area contributed by atoms with Gasteiger partial charge in [0.2, 0.25) is 0 Å². The molecule has 12 aromatic carbocycles. The maximum absolute atomic E-state index is 7.90. The highest BCUT2D eigenvalue weighted by molar-refractivity contribution is 7.05. The zero-order valence-electron chi connectivity index (χ0n) is 61.5. The summed E-state index contributed by atoms with van der Waals surface area (Å²) in [4.78, 5) is 5.11. The van der Waals surface area contributed by atoms with Crippen LogP contribution in [0.15, 0.2) is 259 Å². The maximum atomic E-state index is 7.90. The van der Waals surface area contributed by atoms with Crippen LogP contribution in [0.3, 0.4) is 0 Å². The summed E-state index contributed by atoms with van der Waals surface area (Å²) in [5, 5.41) is 7.48. The molecule has 4 nitrogen and oxygen atoms in total. The molecule has 0 fully saturated rings. The number of hydrogen-bond donors (Lipinski definition) is 0. The SMILES string of the molecule is CC(C)(C)c1ccc(N(c2ccccc2)c2cc3c(c4c2-c2ccccc2[Si]4(C)C)-c2c(cc(N(c4ccccc4)c4ccc(C(C)(C)C)cc4)c4c2oc2ccccc24)C3(c2ccc(C(C)(C)C)cc2)c2ccc3c(c2)c2cc(C(C)(C)C)ccc2n3-c2ccc(C(C)(C)C)cc2)cc1. The molecule has 2 aromatic heterocycles. The lowest BCUT2D eigenvalue weighted by molar-refractivity contribution is 0.589. The van der Waals surface area contributed by atoms with Crippen molar-refractivity contribution in [3.8, 4) is 27.9 Å². The van der Waals surface area contributed by atoms with Gasteiger partial charge in [0.1, 0.15) is 19.2 Å². The summed E-state index contributed by atoms with van der Waals surface area (Å²) < 4.78 is 10.4. The van der Waals surface area contributed by atoms with Gasteiger partial charge in [-0.3, -0.25) is 0 Å². The minimum Gasteiger partial charge on any atom is -0.455 e. The number of fused-ring (bicyclic) bond motifs is 14. The fourth-order valence-electron chi connectivity index (χ4n) is 16.8. The predicted molar refractivity (Wildman–Crippen MR) is 430 cm³/mol. The summed E-state index contributed by atoms with van der Waals surface area (Å²) >= 11 is 0. The molecule has 3 heterocycles. The van der Waals surface area contributed by atoms with Gasteiger partial charge in [-0.1, -0.05) is 269 Å². The maximum Gasteiger partial charge on any atom is 0.145 e. The quantitative estimate of drug-likeness (QED) is 0.135. The van der Waals surface area contributed by atoms with Crippen LogP contribution in [0.2, 0.25) is 13.1 Å². The van der Waals surface area contributed by atoms with Gasteiger partial charge in [0.25, 0.3) is 0 Å². The van der Waals surface area contributed by atoms with E-state index in [9.17, 15) is 0 Å². The van der Waals surface area contributed by atoms with Gasteiger partial charge in [0.15, 0.2) is 0 Å². The smallest absolute Gasteiger partial charge is 0.145 e. The summed E-state index contributed by atoms with van der Waals surface area (Å²) in [6.45, 7) is 40.1. The number of rotatable bonds is 9. The molecule has 0 spiro atoms. The molecule has 0 bridgehead atoms. The molecular weight excluding hydrogens is 1230 g/mol. The number of furan rings is 1. The number of anilines is 6. The highest BCUT2D eigenvalue weighted by Gasteiger charge is 2.54. The number of para-hydroxylation sites is 3. The topological polar surface area (TPSA) is 24.6 Å². The Hall–Kier alpha value is -9.94. The Kier molecular flexibility index (Phi) is 14.8. The van der Waals surface area contributed by atoms with Crippen molar-refractivity contribution in [2.45, 2.75) is 149 Å². The largest absolute Gasteiger partial charge is 0.455 e. The van der Waals surface area contributed by atoms with Crippen LogP contribution in [0.25, 0.3) is 71.7 Å². The Labute approximate surface area is 593 Å². The van der Waals surface area contributed by atoms with Gasteiger partial charge in [-0.15, -0.1) is 0 Å². The standard InChI is InChI=1S/C95H93N3OSi/c1-90(2,3)60-36-38-64(39-37-60)95(66-47-55-79-75(57-66)74-56-65(94(13,14)15)46-54-78(74)98(79)71-52-44-63(45-53-71)93(10,11)12)76-58-80(96(67-28-20-18-21-29-67)69-48-40-61(41-49-69)91(4,5)6)84-72-32-24-26-34-82(72)99-88(84)86(76)87-77(95)59-81(85-73-33-25-27-35-83(73)100(16,17)89(85)87)97(68-30-22-19-23-31-68)70-50-42-62(43-51-70)92(7,8)9/h18-59H,1-17H3. The molecule has 498 valence electrons. The molecule has 1 unspecified atom stereocenters. The molecular formula is C95H93N3OSi. The molecule has 0 radical (unpaired) electrons. The molecule has 0 N–H and O–H groups in total. The van der Waals surface area contributed by atoms with Crippen LogP contribution < -0.4 is 20.2 Å². The predicted octanol–water partition coefficient (Wildman–Crippen LogP) is 25.3. The Bertz CT molecular complexity index is 5540. The normalized spacial score (nSPS) is 15.2. The summed E-state index contributed by atoms with van der Waals surface area (Å²) in [5.41, 5.74) is 26.8. The van der Waals surface area contributed by atoms with Crippen molar-refractivity contribution < 1.29 is 4.42 Å². The highest BCUT2D eigenvalue weighted by atomic mass is 28.3. The van der Waals surface area contributed by atoms with Gasteiger partial charge in [0.05, 0.1) is 33.2 Å². The second kappa shape index (κ2) is 22.8. The fraction of sp³-hybridized carbons (Fsp3) is 0.242. The second-order valence-corrected chi connectivity index (χ2v) is 38.5. The van der Waals surface area contributed by atoms with E-state index in [0.29, 0.717) is 0 Å². The minimum absolute atomic E-state index is 0.00143. The molecule has 1 aliphatic heterocycles. The van der Waals surface area contributed by atoms with Crippen LogP contribution in [-0.2, 0) is 32.5 Å². The molecule has 16 rings (SSSR count). The number of nitrogens with zero attached hydrogens (tertiary/aromatic N) is 3. The summed E-state index contributed by atoms with van der Waals surface area (Å²) in [7, 11) is -2.74. The molecule has 1 atom stereocenters. The van der Waals surface area contributed by atoms with Gasteiger partial charge in [-0.25, -0.2) is 0 Å². The van der Waals surface area contributed by atoms with Gasteiger partial charge < -0.3 is 18.8 Å². The number of hydrogen-bond acceptors (Lipinski definition) is 3. The van der Waals surface area contributed by atoms with E-state index >= 15 is 0 Å². The van der Waals surface area contributed by atoms with Crippen LogP contribution in [0.4, 0.5) is 34.1 Å². The van der Waals surface area contributed by atoms with Gasteiger partial charge in [-0.2, -0.15) is 0 Å². The molecule has 2 aliphatic rings. The Morgan fingerprint density at radius 1 is 0.350 bits per heavy atom. The van der Waals surface area contributed by atoms with Crippen molar-refractivity contribution in [3.05, 3.63) is 305 Å². The number of aromatic nitrogens is 1. The van der Waals surface area contributed by atoms with E-state index in [2.05, 4.69) is 386 Å². The minimum atomic E-state index is -2.74. The van der Waals surface area contributed by atoms with Crippen LogP contribution in [-0.4, -0.2) is 12.6 Å². The first-order chi connectivity index (χ1) is 47.5. The Morgan fingerprint density at radius 2 is 0.770 bits per heavy atom. The van der Waals surface area contributed by atoms with Crippen molar-refractivity contribution in [1.82, 2.24) is 4.57 Å². The van der Waals surface area contributed by atoms with Crippen LogP contribution in [0.5, 0.6) is 0 Å². The molecule has 100 heavy (non-hydrogen) atoms. The van der Waals surface area contributed by atoms with E-state index in [1.54, 1.807) is 0 Å². The zero-order chi connectivity index (χ0) is 70.0. The molecule has 0 saturated heterocycles. The lowest BCUT2D eigenvalue weighted by Crippen LogP contribution is -2.50. The van der Waals surface area contributed by atoms with E-state index in [1.807, 2.05) is 0 Å². The first-order valence-corrected chi connectivity index (χ1v) is 39.1. The summed E-state index contributed by atoms with van der Waals surface area (Å²) in [5.74, 6) is 0. The number of benzene rings is 12. The van der Waals surface area contributed by atoms with Crippen molar-refractivity contribution in [1.29, 1.82) is 0 Å². The second-order valence-electron chi connectivity index (χ2n) is 34.2. The van der Waals surface area contributed by atoms with Crippen molar-refractivity contribution >= 4 is 96.3 Å². The molecule has 0 amide bonds. The zero-order valence-corrected chi connectivity index (χ0v) is 62.5. The van der Waals surface area contributed by atoms with E-state index < -0.39 is 13.5 Å². The Balaban J connectivity index is 1.14. The summed E-state index contributed by atoms with van der Waals surface area (Å²) in [6.07, 6.45) is 0. The van der Waals surface area contributed by atoms with E-state index in [-0.39, 0.29) is 27.1 Å². The first kappa shape index (κ1) is 64.7. The van der Waals surface area contributed by atoms with Crippen molar-refractivity contribution in [3.63, 3.8) is 0 Å². The fourth-order valence-corrected chi connectivity index (χ4v) is 20.2. The lowest BCUT2D eigenvalue weighted by atomic mass is 9.66. The third-order valence-electron chi connectivity index (χ3n) is 22.2. The van der Waals surface area contributed by atoms with Gasteiger partial charge in [0, 0.05) is 55.7 Å². The van der Waals surface area contributed by atoms with Crippen molar-refractivity contribution in [2.24, 2.45) is 0 Å². The third-order valence-corrected chi connectivity index (χ3v) is 25.8. The third kappa shape index (κ3) is 10.2. The highest BCUT2D eigenvalue weighted by Crippen LogP contribution is 2.64. The first-order valence-electron chi connectivity index (χ1n) is 36.1. The molecule has 1 aliphatic carbocycles. The average molecular weight is 1320 g/mol. The van der Waals surface area contributed by atoms with Gasteiger partial charge in [-0.05, 0) is 202 Å². The van der Waals surface area contributed by atoms with E-state index in [1.165, 1.54) is 98.9 Å². The monoisotopic (exact) mass is 1320 g/mol. The molecule has 0 saturated carbocycles. The molecule has 14 aromatic rings. The van der Waals surface area contributed by atoms with Crippen LogP contribution in [0, 0.1) is 0 Å². The summed E-state index contributed by atoms with van der Waals surface area (Å²) in [6, 6.07) is 98.5.